The summed E-state index contributed by atoms with van der Waals surface area (Å²) < 4.78 is 15.0. The van der Waals surface area contributed by atoms with Gasteiger partial charge in [0, 0.05) is 19.2 Å². The van der Waals surface area contributed by atoms with E-state index in [-0.39, 0.29) is 5.82 Å². The molecule has 0 saturated carbocycles. The van der Waals surface area contributed by atoms with Crippen LogP contribution in [0.1, 0.15) is 6.42 Å². The quantitative estimate of drug-likeness (QED) is 0.738. The second-order valence-corrected chi connectivity index (χ2v) is 4.83. The van der Waals surface area contributed by atoms with Gasteiger partial charge in [-0.3, -0.25) is 0 Å². The molecule has 0 aliphatic carbocycles. The molecular weight excluding hydrogens is 283 g/mol. The Hall–Kier alpha value is -3.01. The summed E-state index contributed by atoms with van der Waals surface area (Å²) in [5, 5.41) is 21.3. The first-order valence-electron chi connectivity index (χ1n) is 6.75. The molecule has 2 heterocycles. The summed E-state index contributed by atoms with van der Waals surface area (Å²) in [5.74, 6) is 0.835. The van der Waals surface area contributed by atoms with Crippen LogP contribution in [0.15, 0.2) is 36.4 Å². The average molecular weight is 296 g/mol. The minimum absolute atomic E-state index is 0.337. The SMILES string of the molecule is CN(CCC#N)c1ccc2nnc(-c3cccc(F)c3)n2n1. The molecule has 3 aromatic rings. The van der Waals surface area contributed by atoms with Gasteiger partial charge < -0.3 is 4.90 Å². The summed E-state index contributed by atoms with van der Waals surface area (Å²) in [4.78, 5) is 1.87. The number of hydrogen-bond donors (Lipinski definition) is 0. The monoisotopic (exact) mass is 296 g/mol. The number of nitriles is 1. The van der Waals surface area contributed by atoms with Gasteiger partial charge in [-0.25, -0.2) is 4.39 Å². The number of nitrogens with zero attached hydrogens (tertiary/aromatic N) is 6. The van der Waals surface area contributed by atoms with Crippen molar-refractivity contribution in [2.75, 3.05) is 18.5 Å². The highest BCUT2D eigenvalue weighted by molar-refractivity contribution is 5.59. The van der Waals surface area contributed by atoms with Crippen LogP contribution in [0, 0.1) is 17.1 Å². The van der Waals surface area contributed by atoms with Crippen molar-refractivity contribution in [2.45, 2.75) is 6.42 Å². The van der Waals surface area contributed by atoms with E-state index in [1.54, 1.807) is 22.7 Å². The Morgan fingerprint density at radius 3 is 2.91 bits per heavy atom. The molecule has 22 heavy (non-hydrogen) atoms. The van der Waals surface area contributed by atoms with Crippen LogP contribution in [0.25, 0.3) is 17.0 Å². The van der Waals surface area contributed by atoms with Gasteiger partial charge in [0.25, 0.3) is 0 Å². The molecule has 0 aliphatic heterocycles. The molecule has 110 valence electrons. The topological polar surface area (TPSA) is 70.1 Å². The number of hydrogen-bond acceptors (Lipinski definition) is 5. The molecule has 0 amide bonds. The number of halogens is 1. The first-order chi connectivity index (χ1) is 10.7. The third kappa shape index (κ3) is 2.59. The van der Waals surface area contributed by atoms with Crippen molar-refractivity contribution in [3.63, 3.8) is 0 Å². The lowest BCUT2D eigenvalue weighted by Crippen LogP contribution is -2.20. The maximum absolute atomic E-state index is 13.4. The predicted molar refractivity (Wildman–Crippen MR) is 79.7 cm³/mol. The molecule has 7 heteroatoms. The molecule has 0 bridgehead atoms. The van der Waals surface area contributed by atoms with E-state index in [0.717, 1.165) is 0 Å². The predicted octanol–water partition coefficient (Wildman–Crippen LogP) is 2.28. The Labute approximate surface area is 126 Å². The molecule has 0 N–H and O–H groups in total. The zero-order valence-electron chi connectivity index (χ0n) is 11.9. The Morgan fingerprint density at radius 2 is 2.14 bits per heavy atom. The highest BCUT2D eigenvalue weighted by Gasteiger charge is 2.12. The van der Waals surface area contributed by atoms with Crippen LogP contribution in [0.3, 0.4) is 0 Å². The molecule has 0 atom stereocenters. The molecule has 2 aromatic heterocycles. The van der Waals surface area contributed by atoms with Crippen LogP contribution in [-0.4, -0.2) is 33.4 Å². The molecule has 3 rings (SSSR count). The highest BCUT2D eigenvalue weighted by atomic mass is 19.1. The zero-order chi connectivity index (χ0) is 15.5. The van der Waals surface area contributed by atoms with E-state index < -0.39 is 0 Å². The molecule has 0 spiro atoms. The van der Waals surface area contributed by atoms with Crippen LogP contribution in [0.2, 0.25) is 0 Å². The molecule has 0 unspecified atom stereocenters. The number of benzene rings is 1. The van der Waals surface area contributed by atoms with Crippen molar-refractivity contribution in [2.24, 2.45) is 0 Å². The van der Waals surface area contributed by atoms with Gasteiger partial charge in [-0.2, -0.15) is 9.78 Å². The second-order valence-electron chi connectivity index (χ2n) is 4.83. The van der Waals surface area contributed by atoms with Crippen molar-refractivity contribution < 1.29 is 4.39 Å². The zero-order valence-corrected chi connectivity index (χ0v) is 11.9. The van der Waals surface area contributed by atoms with Crippen molar-refractivity contribution in [1.29, 1.82) is 5.26 Å². The minimum Gasteiger partial charge on any atom is -0.357 e. The van der Waals surface area contributed by atoms with Crippen LogP contribution >= 0.6 is 0 Å². The lowest BCUT2D eigenvalue weighted by Gasteiger charge is -2.16. The molecule has 0 aliphatic rings. The van der Waals surface area contributed by atoms with E-state index in [1.807, 2.05) is 18.0 Å². The van der Waals surface area contributed by atoms with E-state index in [4.69, 9.17) is 5.26 Å². The Morgan fingerprint density at radius 1 is 1.27 bits per heavy atom. The van der Waals surface area contributed by atoms with Gasteiger partial charge in [0.15, 0.2) is 11.5 Å². The fraction of sp³-hybridized carbons (Fsp3) is 0.200. The summed E-state index contributed by atoms with van der Waals surface area (Å²) in [5.41, 5.74) is 1.19. The Balaban J connectivity index is 2.04. The largest absolute Gasteiger partial charge is 0.357 e. The third-order valence-electron chi connectivity index (χ3n) is 3.28. The van der Waals surface area contributed by atoms with Gasteiger partial charge in [0.05, 0.1) is 12.5 Å². The maximum Gasteiger partial charge on any atom is 0.185 e. The van der Waals surface area contributed by atoms with Gasteiger partial charge in [0.2, 0.25) is 0 Å². The lowest BCUT2D eigenvalue weighted by molar-refractivity contribution is 0.628. The van der Waals surface area contributed by atoms with Crippen LogP contribution in [0.4, 0.5) is 10.2 Å². The smallest absolute Gasteiger partial charge is 0.185 e. The Kier molecular flexibility index (Phi) is 3.66. The average Bonchev–Trinajstić information content (AvgIpc) is 2.95. The number of rotatable bonds is 4. The van der Waals surface area contributed by atoms with E-state index in [2.05, 4.69) is 21.4 Å². The second kappa shape index (κ2) is 5.77. The number of fused-ring (bicyclic) bond motifs is 1. The highest BCUT2D eigenvalue weighted by Crippen LogP contribution is 2.20. The third-order valence-corrected chi connectivity index (χ3v) is 3.28. The van der Waals surface area contributed by atoms with Gasteiger partial charge in [-0.05, 0) is 24.3 Å². The van der Waals surface area contributed by atoms with Crippen molar-refractivity contribution in [3.05, 3.63) is 42.2 Å². The summed E-state index contributed by atoms with van der Waals surface area (Å²) in [6.45, 7) is 0.576. The normalized spacial score (nSPS) is 10.6. The summed E-state index contributed by atoms with van der Waals surface area (Å²) in [7, 11) is 1.86. The lowest BCUT2D eigenvalue weighted by atomic mass is 10.2. The molecule has 0 radical (unpaired) electrons. The van der Waals surface area contributed by atoms with Crippen molar-refractivity contribution in [1.82, 2.24) is 19.8 Å². The summed E-state index contributed by atoms with van der Waals surface area (Å²) >= 11 is 0. The van der Waals surface area contributed by atoms with Crippen LogP contribution < -0.4 is 4.90 Å². The Bertz CT molecular complexity index is 851. The van der Waals surface area contributed by atoms with Crippen LogP contribution in [0.5, 0.6) is 0 Å². The van der Waals surface area contributed by atoms with Gasteiger partial charge in [-0.1, -0.05) is 12.1 Å². The number of anilines is 1. The summed E-state index contributed by atoms with van der Waals surface area (Å²) in [6.07, 6.45) is 0.412. The molecule has 0 fully saturated rings. The molecular formula is C15H13FN6. The van der Waals surface area contributed by atoms with Crippen LogP contribution in [-0.2, 0) is 0 Å². The first kappa shape index (κ1) is 13.9. The molecule has 1 aromatic carbocycles. The van der Waals surface area contributed by atoms with Gasteiger partial charge >= 0.3 is 0 Å². The van der Waals surface area contributed by atoms with Crippen molar-refractivity contribution >= 4 is 11.5 Å². The molecule has 6 nitrogen and oxygen atoms in total. The minimum atomic E-state index is -0.337. The van der Waals surface area contributed by atoms with E-state index >= 15 is 0 Å². The fourth-order valence-corrected chi connectivity index (χ4v) is 2.12. The van der Waals surface area contributed by atoms with E-state index in [9.17, 15) is 4.39 Å². The number of aromatic nitrogens is 4. The summed E-state index contributed by atoms with van der Waals surface area (Å²) in [6, 6.07) is 11.9. The van der Waals surface area contributed by atoms with Gasteiger partial charge in [0.1, 0.15) is 11.6 Å². The first-order valence-corrected chi connectivity index (χ1v) is 6.75. The standard InChI is InChI=1S/C15H13FN6/c1-21(9-3-8-17)14-7-6-13-18-19-15(22(13)20-14)11-4-2-5-12(16)10-11/h2,4-7,10H,3,9H2,1H3. The molecule has 0 saturated heterocycles. The maximum atomic E-state index is 13.4. The van der Waals surface area contributed by atoms with Gasteiger partial charge in [-0.15, -0.1) is 15.3 Å². The van der Waals surface area contributed by atoms with E-state index in [1.165, 1.54) is 12.1 Å². The fourth-order valence-electron chi connectivity index (χ4n) is 2.12. The van der Waals surface area contributed by atoms with Crippen molar-refractivity contribution in [3.8, 4) is 17.5 Å². The van der Waals surface area contributed by atoms with E-state index in [0.29, 0.717) is 35.8 Å².